The zero-order chi connectivity index (χ0) is 24.7. The van der Waals surface area contributed by atoms with Crippen LogP contribution in [-0.4, -0.2) is 32.0 Å². The molecule has 0 saturated carbocycles. The zero-order valence-corrected chi connectivity index (χ0v) is 20.6. The Morgan fingerprint density at radius 3 is 2.32 bits per heavy atom. The molecule has 0 atom stereocenters. The normalized spacial score (nSPS) is 11.5. The van der Waals surface area contributed by atoms with Crippen LogP contribution in [0.5, 0.6) is 5.75 Å². The molecule has 2 aromatic carbocycles. The van der Waals surface area contributed by atoms with Gasteiger partial charge in [-0.3, -0.25) is 9.36 Å². The van der Waals surface area contributed by atoms with Crippen molar-refractivity contribution in [2.75, 3.05) is 6.61 Å². The van der Waals surface area contributed by atoms with Crippen molar-refractivity contribution in [3.8, 4) is 5.75 Å². The van der Waals surface area contributed by atoms with Crippen LogP contribution >= 0.6 is 0 Å². The molecule has 1 N–H and O–H groups in total. The summed E-state index contributed by atoms with van der Waals surface area (Å²) >= 11 is 0. The summed E-state index contributed by atoms with van der Waals surface area (Å²) in [5, 5.41) is 13.9. The number of ether oxygens (including phenoxy) is 1. The van der Waals surface area contributed by atoms with E-state index in [4.69, 9.17) is 4.74 Å². The second-order valence-corrected chi connectivity index (χ2v) is 9.46. The van der Waals surface area contributed by atoms with E-state index in [9.17, 15) is 14.7 Å². The summed E-state index contributed by atoms with van der Waals surface area (Å²) in [4.78, 5) is 24.2. The summed E-state index contributed by atoms with van der Waals surface area (Å²) in [6.45, 7) is 9.16. The maximum atomic E-state index is 12.9. The Morgan fingerprint density at radius 1 is 1.06 bits per heavy atom. The summed E-state index contributed by atoms with van der Waals surface area (Å²) in [6, 6.07) is 15.7. The third-order valence-corrected chi connectivity index (χ3v) is 5.86. The van der Waals surface area contributed by atoms with Crippen LogP contribution in [0.3, 0.4) is 0 Å². The van der Waals surface area contributed by atoms with Gasteiger partial charge in [0.2, 0.25) is 0 Å². The smallest absolute Gasteiger partial charge is 0.346 e. The van der Waals surface area contributed by atoms with Gasteiger partial charge in [-0.05, 0) is 63.3 Å². The first-order valence-electron chi connectivity index (χ1n) is 11.9. The summed E-state index contributed by atoms with van der Waals surface area (Å²) < 4.78 is 9.19. The van der Waals surface area contributed by atoms with Gasteiger partial charge < -0.3 is 9.84 Å². The van der Waals surface area contributed by atoms with Crippen molar-refractivity contribution in [3.63, 3.8) is 0 Å². The third kappa shape index (κ3) is 6.59. The molecule has 0 saturated heterocycles. The quantitative estimate of drug-likeness (QED) is 0.399. The van der Waals surface area contributed by atoms with Crippen molar-refractivity contribution in [2.45, 2.75) is 66.5 Å². The first kappa shape index (κ1) is 25.3. The molecule has 34 heavy (non-hydrogen) atoms. The summed E-state index contributed by atoms with van der Waals surface area (Å²) in [5.74, 6) is 0.720. The molecule has 0 spiro atoms. The fourth-order valence-electron chi connectivity index (χ4n) is 3.80. The number of rotatable bonds is 12. The first-order valence-corrected chi connectivity index (χ1v) is 11.9. The van der Waals surface area contributed by atoms with Crippen molar-refractivity contribution in [3.05, 3.63) is 81.5 Å². The van der Waals surface area contributed by atoms with Crippen LogP contribution in [-0.2, 0) is 30.7 Å². The van der Waals surface area contributed by atoms with Gasteiger partial charge in [0.05, 0.1) is 18.6 Å². The second-order valence-electron chi connectivity index (χ2n) is 9.46. The van der Waals surface area contributed by atoms with Gasteiger partial charge in [0, 0.05) is 13.0 Å². The average molecular weight is 466 g/mol. The summed E-state index contributed by atoms with van der Waals surface area (Å²) in [6.07, 6.45) is 2.72. The van der Waals surface area contributed by atoms with Crippen molar-refractivity contribution < 1.29 is 14.6 Å². The maximum absolute atomic E-state index is 12.9. The van der Waals surface area contributed by atoms with E-state index in [0.29, 0.717) is 32.5 Å². The van der Waals surface area contributed by atoms with Gasteiger partial charge in [0.25, 0.3) is 0 Å². The Kier molecular flexibility index (Phi) is 8.31. The fraction of sp³-hybridized carbons (Fsp3) is 0.444. The molecule has 0 aliphatic heterocycles. The molecular weight excluding hydrogens is 430 g/mol. The number of carbonyl (C=O) groups is 1. The number of aromatic nitrogens is 3. The number of carboxylic acids is 1. The van der Waals surface area contributed by atoms with E-state index in [1.807, 2.05) is 55.5 Å². The molecule has 0 fully saturated rings. The molecular formula is C27H35N3O4. The summed E-state index contributed by atoms with van der Waals surface area (Å²) in [5.41, 5.74) is 2.33. The van der Waals surface area contributed by atoms with E-state index in [-0.39, 0.29) is 5.69 Å². The van der Waals surface area contributed by atoms with Crippen LogP contribution in [0.1, 0.15) is 56.1 Å². The van der Waals surface area contributed by atoms with Gasteiger partial charge in [-0.15, -0.1) is 0 Å². The lowest BCUT2D eigenvalue weighted by atomic mass is 9.86. The highest BCUT2D eigenvalue weighted by molar-refractivity contribution is 5.74. The van der Waals surface area contributed by atoms with Crippen LogP contribution in [0.2, 0.25) is 0 Å². The highest BCUT2D eigenvalue weighted by Gasteiger charge is 2.27. The number of carboxylic acid groups (broad SMARTS) is 1. The molecule has 0 aliphatic carbocycles. The lowest BCUT2D eigenvalue weighted by Gasteiger charge is -2.19. The molecule has 1 heterocycles. The molecule has 0 radical (unpaired) electrons. The number of aryl methyl sites for hydroxylation is 2. The van der Waals surface area contributed by atoms with Gasteiger partial charge in [-0.2, -0.15) is 5.10 Å². The van der Waals surface area contributed by atoms with E-state index >= 15 is 0 Å². The number of nitrogens with zero attached hydrogens (tertiary/aromatic N) is 3. The lowest BCUT2D eigenvalue weighted by Crippen LogP contribution is -2.26. The fourth-order valence-corrected chi connectivity index (χ4v) is 3.80. The Hall–Kier alpha value is -3.35. The monoisotopic (exact) mass is 465 g/mol. The molecule has 3 aromatic rings. The lowest BCUT2D eigenvalue weighted by molar-refractivity contribution is -0.146. The molecule has 7 heteroatoms. The van der Waals surface area contributed by atoms with Crippen LogP contribution in [0.25, 0.3) is 0 Å². The highest BCUT2D eigenvalue weighted by Crippen LogP contribution is 2.23. The Bertz CT molecular complexity index is 1140. The predicted molar refractivity (Wildman–Crippen MR) is 132 cm³/mol. The molecule has 0 amide bonds. The Labute approximate surface area is 201 Å². The van der Waals surface area contributed by atoms with Crippen LogP contribution in [0, 0.1) is 12.3 Å². The van der Waals surface area contributed by atoms with Crippen LogP contribution in [0.15, 0.2) is 53.3 Å². The van der Waals surface area contributed by atoms with Gasteiger partial charge in [0.15, 0.2) is 0 Å². The number of hydrogen-bond donors (Lipinski definition) is 1. The van der Waals surface area contributed by atoms with E-state index in [2.05, 4.69) is 12.0 Å². The van der Waals surface area contributed by atoms with Gasteiger partial charge in [-0.25, -0.2) is 9.48 Å². The van der Waals surface area contributed by atoms with Gasteiger partial charge >= 0.3 is 11.7 Å². The second kappa shape index (κ2) is 11.2. The van der Waals surface area contributed by atoms with Crippen molar-refractivity contribution >= 4 is 5.97 Å². The summed E-state index contributed by atoms with van der Waals surface area (Å²) in [7, 11) is 0. The molecule has 3 rings (SSSR count). The molecule has 7 nitrogen and oxygen atoms in total. The van der Waals surface area contributed by atoms with Crippen LogP contribution in [0.4, 0.5) is 0 Å². The molecule has 1 aromatic heterocycles. The topological polar surface area (TPSA) is 86.3 Å². The Morgan fingerprint density at radius 2 is 1.71 bits per heavy atom. The number of hydrogen-bond acceptors (Lipinski definition) is 4. The van der Waals surface area contributed by atoms with E-state index in [1.54, 1.807) is 23.1 Å². The van der Waals surface area contributed by atoms with Crippen molar-refractivity contribution in [1.29, 1.82) is 0 Å². The van der Waals surface area contributed by atoms with Gasteiger partial charge in [-0.1, -0.05) is 48.9 Å². The van der Waals surface area contributed by atoms with Crippen LogP contribution < -0.4 is 10.4 Å². The third-order valence-electron chi connectivity index (χ3n) is 5.86. The SMILES string of the molecule is CCCn1c(CCCOc2ccc(CC(C)(C)C(=O)O)cc2)nn(Cc2ccc(C)cc2)c1=O. The van der Waals surface area contributed by atoms with E-state index < -0.39 is 11.4 Å². The van der Waals surface area contributed by atoms with Gasteiger partial charge in [0.1, 0.15) is 11.6 Å². The molecule has 0 bridgehead atoms. The Balaban J connectivity index is 1.57. The zero-order valence-electron chi connectivity index (χ0n) is 20.6. The standard InChI is InChI=1S/C27H35N3O4/c1-5-16-29-24(28-30(26(29)33)19-22-10-8-20(2)9-11-22)7-6-17-34-23-14-12-21(13-15-23)18-27(3,4)25(31)32/h8-15H,5-7,16-19H2,1-4H3,(H,31,32). The van der Waals surface area contributed by atoms with E-state index in [0.717, 1.165) is 35.5 Å². The predicted octanol–water partition coefficient (Wildman–Crippen LogP) is 4.48. The minimum Gasteiger partial charge on any atom is -0.494 e. The average Bonchev–Trinajstić information content (AvgIpc) is 3.08. The van der Waals surface area contributed by atoms with Crippen molar-refractivity contribution in [1.82, 2.24) is 14.3 Å². The minimum absolute atomic E-state index is 0.0711. The molecule has 0 aliphatic rings. The van der Waals surface area contributed by atoms with E-state index in [1.165, 1.54) is 5.56 Å². The molecule has 0 unspecified atom stereocenters. The number of benzene rings is 2. The van der Waals surface area contributed by atoms with Crippen molar-refractivity contribution in [2.24, 2.45) is 5.41 Å². The highest BCUT2D eigenvalue weighted by atomic mass is 16.5. The molecule has 182 valence electrons. The largest absolute Gasteiger partial charge is 0.494 e. The first-order chi connectivity index (χ1) is 16.2. The number of aliphatic carboxylic acids is 1. The maximum Gasteiger partial charge on any atom is 0.346 e. The minimum atomic E-state index is -0.810.